The molecule has 2 N–H and O–H groups in total. The zero-order valence-electron chi connectivity index (χ0n) is 10.0. The summed E-state index contributed by atoms with van der Waals surface area (Å²) in [4.78, 5) is 2.57. The minimum atomic E-state index is -0.0704. The van der Waals surface area contributed by atoms with E-state index < -0.39 is 0 Å². The summed E-state index contributed by atoms with van der Waals surface area (Å²) in [6.07, 6.45) is 1.06. The highest BCUT2D eigenvalue weighted by Gasteiger charge is 2.14. The maximum atomic E-state index is 6.31. The normalized spacial score (nSPS) is 12.7. The number of hydrogen-bond donors (Lipinski definition) is 1. The fourth-order valence-electron chi connectivity index (χ4n) is 1.87. The maximum absolute atomic E-state index is 6.31. The van der Waals surface area contributed by atoms with Crippen LogP contribution in [-0.4, -0.2) is 0 Å². The first-order valence-corrected chi connectivity index (χ1v) is 6.92. The van der Waals surface area contributed by atoms with Gasteiger partial charge in [-0.1, -0.05) is 30.7 Å². The summed E-state index contributed by atoms with van der Waals surface area (Å²) in [6.45, 7) is 4.18. The van der Waals surface area contributed by atoms with Crippen molar-refractivity contribution in [3.63, 3.8) is 0 Å². The van der Waals surface area contributed by atoms with Crippen molar-refractivity contribution in [2.75, 3.05) is 0 Å². The Morgan fingerprint density at radius 2 is 2.06 bits per heavy atom. The lowest BCUT2D eigenvalue weighted by Crippen LogP contribution is -2.11. The van der Waals surface area contributed by atoms with Crippen LogP contribution >= 0.6 is 22.9 Å². The molecule has 2 aromatic rings. The molecule has 1 heterocycles. The van der Waals surface area contributed by atoms with Crippen molar-refractivity contribution in [1.82, 2.24) is 0 Å². The molecule has 1 aromatic carbocycles. The lowest BCUT2D eigenvalue weighted by atomic mass is 10.0. The van der Waals surface area contributed by atoms with Crippen LogP contribution in [0.1, 0.15) is 33.8 Å². The van der Waals surface area contributed by atoms with Gasteiger partial charge in [-0.15, -0.1) is 11.3 Å². The fourth-order valence-corrected chi connectivity index (χ4v) is 3.02. The van der Waals surface area contributed by atoms with Gasteiger partial charge in [0.25, 0.3) is 0 Å². The molecule has 17 heavy (non-hydrogen) atoms. The highest BCUT2D eigenvalue weighted by molar-refractivity contribution is 7.12. The van der Waals surface area contributed by atoms with Gasteiger partial charge in [-0.2, -0.15) is 0 Å². The van der Waals surface area contributed by atoms with Gasteiger partial charge in [-0.25, -0.2) is 0 Å². The summed E-state index contributed by atoms with van der Waals surface area (Å²) in [5.41, 5.74) is 8.50. The van der Waals surface area contributed by atoms with Gasteiger partial charge in [0.05, 0.1) is 6.04 Å². The second-order valence-corrected chi connectivity index (χ2v) is 5.70. The van der Waals surface area contributed by atoms with Crippen LogP contribution in [0, 0.1) is 6.92 Å². The van der Waals surface area contributed by atoms with Crippen LogP contribution in [0.25, 0.3) is 0 Å². The highest BCUT2D eigenvalue weighted by Crippen LogP contribution is 2.31. The quantitative estimate of drug-likeness (QED) is 0.879. The smallest absolute Gasteiger partial charge is 0.0649 e. The first-order chi connectivity index (χ1) is 8.13. The Morgan fingerprint density at radius 1 is 1.29 bits per heavy atom. The maximum Gasteiger partial charge on any atom is 0.0649 e. The number of nitrogens with two attached hydrogens (primary N) is 1. The van der Waals surface area contributed by atoms with E-state index in [0.717, 1.165) is 22.6 Å². The minimum absolute atomic E-state index is 0.0704. The molecular weight excluding hydrogens is 250 g/mol. The summed E-state index contributed by atoms with van der Waals surface area (Å²) >= 11 is 7.91. The first-order valence-electron chi connectivity index (χ1n) is 5.72. The van der Waals surface area contributed by atoms with Gasteiger partial charge in [0, 0.05) is 14.8 Å². The highest BCUT2D eigenvalue weighted by atomic mass is 35.5. The molecule has 90 valence electrons. The molecule has 0 bridgehead atoms. The summed E-state index contributed by atoms with van der Waals surface area (Å²) in [6, 6.07) is 10.1. The molecule has 1 atom stereocenters. The largest absolute Gasteiger partial charge is 0.320 e. The Labute approximate surface area is 111 Å². The van der Waals surface area contributed by atoms with Crippen molar-refractivity contribution in [3.8, 4) is 0 Å². The van der Waals surface area contributed by atoms with Gasteiger partial charge < -0.3 is 5.73 Å². The molecule has 1 unspecified atom stereocenters. The Balaban J connectivity index is 2.36. The van der Waals surface area contributed by atoms with Gasteiger partial charge in [-0.3, -0.25) is 0 Å². The fraction of sp³-hybridized carbons (Fsp3) is 0.286. The van der Waals surface area contributed by atoms with Crippen LogP contribution in [-0.2, 0) is 6.42 Å². The van der Waals surface area contributed by atoms with E-state index in [1.165, 1.54) is 9.75 Å². The molecule has 0 aliphatic heterocycles. The van der Waals surface area contributed by atoms with Crippen molar-refractivity contribution >= 4 is 22.9 Å². The molecule has 0 spiro atoms. The zero-order chi connectivity index (χ0) is 12.4. The number of benzene rings is 1. The molecule has 1 aromatic heterocycles. The molecule has 0 aliphatic carbocycles. The lowest BCUT2D eigenvalue weighted by molar-refractivity contribution is 0.883. The zero-order valence-corrected chi connectivity index (χ0v) is 11.6. The molecule has 0 saturated carbocycles. The monoisotopic (exact) mass is 265 g/mol. The van der Waals surface area contributed by atoms with Crippen molar-refractivity contribution in [2.24, 2.45) is 5.73 Å². The van der Waals surface area contributed by atoms with Crippen molar-refractivity contribution in [2.45, 2.75) is 26.3 Å². The predicted molar refractivity (Wildman–Crippen MR) is 75.9 cm³/mol. The molecular formula is C14H16ClNS. The van der Waals surface area contributed by atoms with E-state index in [2.05, 4.69) is 25.1 Å². The predicted octanol–water partition coefficient (Wildman–Crippen LogP) is 4.32. The minimum Gasteiger partial charge on any atom is -0.320 e. The van der Waals surface area contributed by atoms with E-state index in [1.807, 2.05) is 19.1 Å². The van der Waals surface area contributed by atoms with Crippen LogP contribution < -0.4 is 5.73 Å². The number of halogens is 1. The van der Waals surface area contributed by atoms with Crippen molar-refractivity contribution < 1.29 is 0 Å². The topological polar surface area (TPSA) is 26.0 Å². The third-order valence-electron chi connectivity index (χ3n) is 2.98. The second kappa shape index (κ2) is 5.21. The Hall–Kier alpha value is -0.830. The first kappa shape index (κ1) is 12.6. The Kier molecular flexibility index (Phi) is 3.87. The van der Waals surface area contributed by atoms with Gasteiger partial charge in [0.2, 0.25) is 0 Å². The third kappa shape index (κ3) is 2.54. The van der Waals surface area contributed by atoms with Crippen LogP contribution in [0.15, 0.2) is 30.3 Å². The van der Waals surface area contributed by atoms with E-state index in [9.17, 15) is 0 Å². The van der Waals surface area contributed by atoms with E-state index in [-0.39, 0.29) is 6.04 Å². The standard InChI is InChI=1S/C14H16ClNS/c1-3-10-7-8-13(17-10)14(16)11-5-4-6-12(15)9(11)2/h4-8,14H,3,16H2,1-2H3. The van der Waals surface area contributed by atoms with Gasteiger partial charge >= 0.3 is 0 Å². The molecule has 2 rings (SSSR count). The number of aryl methyl sites for hydroxylation is 1. The van der Waals surface area contributed by atoms with Gasteiger partial charge in [-0.05, 0) is 42.7 Å². The molecule has 1 nitrogen and oxygen atoms in total. The molecule has 0 amide bonds. The second-order valence-electron chi connectivity index (χ2n) is 4.09. The van der Waals surface area contributed by atoms with Crippen LogP contribution in [0.5, 0.6) is 0 Å². The van der Waals surface area contributed by atoms with E-state index in [0.29, 0.717) is 0 Å². The van der Waals surface area contributed by atoms with Crippen LogP contribution in [0.3, 0.4) is 0 Å². The SMILES string of the molecule is CCc1ccc(C(N)c2cccc(Cl)c2C)s1. The van der Waals surface area contributed by atoms with Gasteiger partial charge in [0.15, 0.2) is 0 Å². The third-order valence-corrected chi connectivity index (χ3v) is 4.70. The molecule has 3 heteroatoms. The summed E-state index contributed by atoms with van der Waals surface area (Å²) in [7, 11) is 0. The molecule has 0 radical (unpaired) electrons. The summed E-state index contributed by atoms with van der Waals surface area (Å²) in [5.74, 6) is 0. The number of rotatable bonds is 3. The molecule has 0 fully saturated rings. The van der Waals surface area contributed by atoms with Gasteiger partial charge in [0.1, 0.15) is 0 Å². The molecule has 0 saturated heterocycles. The van der Waals surface area contributed by atoms with E-state index >= 15 is 0 Å². The summed E-state index contributed by atoms with van der Waals surface area (Å²) < 4.78 is 0. The summed E-state index contributed by atoms with van der Waals surface area (Å²) in [5, 5.41) is 0.783. The van der Waals surface area contributed by atoms with Crippen molar-refractivity contribution in [3.05, 3.63) is 56.2 Å². The Bertz CT molecular complexity index is 519. The van der Waals surface area contributed by atoms with Crippen molar-refractivity contribution in [1.29, 1.82) is 0 Å². The molecule has 0 aliphatic rings. The van der Waals surface area contributed by atoms with Crippen LogP contribution in [0.2, 0.25) is 5.02 Å². The lowest BCUT2D eigenvalue weighted by Gasteiger charge is -2.14. The average Bonchev–Trinajstić information content (AvgIpc) is 2.80. The number of thiophene rings is 1. The van der Waals surface area contributed by atoms with E-state index in [4.69, 9.17) is 17.3 Å². The number of hydrogen-bond acceptors (Lipinski definition) is 2. The van der Waals surface area contributed by atoms with E-state index in [1.54, 1.807) is 11.3 Å². The average molecular weight is 266 g/mol. The van der Waals surface area contributed by atoms with Crippen LogP contribution in [0.4, 0.5) is 0 Å². The Morgan fingerprint density at radius 3 is 2.71 bits per heavy atom.